The van der Waals surface area contributed by atoms with Crippen LogP contribution in [0.2, 0.25) is 0 Å². The summed E-state index contributed by atoms with van der Waals surface area (Å²) in [6.07, 6.45) is 3.89. The van der Waals surface area contributed by atoms with Gasteiger partial charge in [-0.25, -0.2) is 0 Å². The molecule has 0 unspecified atom stereocenters. The molecule has 3 rings (SSSR count). The summed E-state index contributed by atoms with van der Waals surface area (Å²) in [5, 5.41) is 16.5. The van der Waals surface area contributed by atoms with Crippen LogP contribution in [0.25, 0.3) is 11.1 Å². The summed E-state index contributed by atoms with van der Waals surface area (Å²) in [4.78, 5) is 0. The van der Waals surface area contributed by atoms with Crippen LogP contribution in [0.5, 0.6) is 0 Å². The Balaban J connectivity index is 1.79. The van der Waals surface area contributed by atoms with Crippen molar-refractivity contribution in [3.05, 3.63) is 72.1 Å². The lowest BCUT2D eigenvalue weighted by Crippen LogP contribution is -2.01. The van der Waals surface area contributed by atoms with Crippen molar-refractivity contribution in [2.45, 2.75) is 6.54 Å². The van der Waals surface area contributed by atoms with Gasteiger partial charge in [-0.05, 0) is 35.4 Å². The summed E-state index contributed by atoms with van der Waals surface area (Å²) in [5.74, 6) is 0. The van der Waals surface area contributed by atoms with Gasteiger partial charge in [-0.15, -0.1) is 0 Å². The first-order chi connectivity index (χ1) is 10.8. The molecular weight excluding hydrogens is 272 g/mol. The third-order valence-corrected chi connectivity index (χ3v) is 3.53. The fraction of sp³-hybridized carbons (Fsp3) is 0.111. The highest BCUT2D eigenvalue weighted by atomic mass is 15.2. The van der Waals surface area contributed by atoms with Crippen LogP contribution in [0, 0.1) is 11.3 Å². The fourth-order valence-corrected chi connectivity index (χ4v) is 2.38. The number of nitriles is 1. The molecule has 0 aliphatic heterocycles. The summed E-state index contributed by atoms with van der Waals surface area (Å²) in [5.41, 5.74) is 5.16. The van der Waals surface area contributed by atoms with Crippen molar-refractivity contribution in [1.29, 1.82) is 5.26 Å². The maximum atomic E-state index is 8.82. The Kier molecular flexibility index (Phi) is 3.88. The standard InChI is InChI=1S/C18H16N4/c1-22-13-16(12-21-22)18-5-3-2-4-15(18)11-20-17-8-6-14(10-19)7-9-17/h2-9,12-13,20H,11H2,1H3. The number of aromatic nitrogens is 2. The number of nitrogens with zero attached hydrogens (tertiary/aromatic N) is 3. The molecule has 0 saturated heterocycles. The van der Waals surface area contributed by atoms with Crippen molar-refractivity contribution in [3.8, 4) is 17.2 Å². The van der Waals surface area contributed by atoms with Crippen molar-refractivity contribution >= 4 is 5.69 Å². The molecule has 0 amide bonds. The number of hydrogen-bond donors (Lipinski definition) is 1. The van der Waals surface area contributed by atoms with Gasteiger partial charge in [0.2, 0.25) is 0 Å². The van der Waals surface area contributed by atoms with Gasteiger partial charge in [0, 0.05) is 31.0 Å². The first kappa shape index (κ1) is 13.9. The van der Waals surface area contributed by atoms with Gasteiger partial charge < -0.3 is 5.32 Å². The van der Waals surface area contributed by atoms with Gasteiger partial charge in [-0.3, -0.25) is 4.68 Å². The number of anilines is 1. The molecule has 108 valence electrons. The Morgan fingerprint density at radius 2 is 1.91 bits per heavy atom. The third kappa shape index (κ3) is 2.99. The zero-order chi connectivity index (χ0) is 15.4. The third-order valence-electron chi connectivity index (χ3n) is 3.53. The van der Waals surface area contributed by atoms with Crippen molar-refractivity contribution in [1.82, 2.24) is 9.78 Å². The topological polar surface area (TPSA) is 53.6 Å². The molecule has 3 aromatic rings. The SMILES string of the molecule is Cn1cc(-c2ccccc2CNc2ccc(C#N)cc2)cn1. The quantitative estimate of drug-likeness (QED) is 0.798. The van der Waals surface area contributed by atoms with Gasteiger partial charge in [0.1, 0.15) is 0 Å². The molecule has 4 heteroatoms. The van der Waals surface area contributed by atoms with Crippen LogP contribution in [-0.4, -0.2) is 9.78 Å². The summed E-state index contributed by atoms with van der Waals surface area (Å²) in [7, 11) is 1.92. The van der Waals surface area contributed by atoms with Crippen LogP contribution >= 0.6 is 0 Å². The lowest BCUT2D eigenvalue weighted by atomic mass is 10.0. The smallest absolute Gasteiger partial charge is 0.0991 e. The van der Waals surface area contributed by atoms with E-state index in [1.165, 1.54) is 11.1 Å². The highest BCUT2D eigenvalue weighted by Crippen LogP contribution is 2.24. The fourth-order valence-electron chi connectivity index (χ4n) is 2.38. The highest BCUT2D eigenvalue weighted by Gasteiger charge is 2.06. The van der Waals surface area contributed by atoms with Crippen LogP contribution in [0.4, 0.5) is 5.69 Å². The molecule has 0 spiro atoms. The van der Waals surface area contributed by atoms with Gasteiger partial charge in [0.05, 0.1) is 17.8 Å². The summed E-state index contributed by atoms with van der Waals surface area (Å²) in [6, 6.07) is 17.9. The average molecular weight is 288 g/mol. The first-order valence-corrected chi connectivity index (χ1v) is 7.07. The minimum atomic E-state index is 0.668. The zero-order valence-corrected chi connectivity index (χ0v) is 12.3. The van der Waals surface area contributed by atoms with E-state index in [1.807, 2.05) is 55.8 Å². The molecule has 4 nitrogen and oxygen atoms in total. The van der Waals surface area contributed by atoms with E-state index in [0.29, 0.717) is 5.56 Å². The van der Waals surface area contributed by atoms with Gasteiger partial charge in [-0.1, -0.05) is 24.3 Å². The first-order valence-electron chi connectivity index (χ1n) is 7.07. The molecule has 0 aliphatic rings. The molecular formula is C18H16N4. The predicted molar refractivity (Wildman–Crippen MR) is 87.1 cm³/mol. The lowest BCUT2D eigenvalue weighted by molar-refractivity contribution is 0.768. The van der Waals surface area contributed by atoms with Crippen LogP contribution in [0.15, 0.2) is 60.9 Å². The summed E-state index contributed by atoms with van der Waals surface area (Å²) in [6.45, 7) is 0.719. The van der Waals surface area contributed by atoms with Gasteiger partial charge in [0.15, 0.2) is 0 Å². The van der Waals surface area contributed by atoms with E-state index < -0.39 is 0 Å². The number of nitrogens with one attached hydrogen (secondary N) is 1. The molecule has 0 radical (unpaired) electrons. The van der Waals surface area contributed by atoms with Crippen LogP contribution < -0.4 is 5.32 Å². The van der Waals surface area contributed by atoms with Crippen LogP contribution in [0.1, 0.15) is 11.1 Å². The highest BCUT2D eigenvalue weighted by molar-refractivity contribution is 5.66. The van der Waals surface area contributed by atoms with Crippen molar-refractivity contribution in [2.75, 3.05) is 5.32 Å². The second-order valence-electron chi connectivity index (χ2n) is 5.10. The number of benzene rings is 2. The lowest BCUT2D eigenvalue weighted by Gasteiger charge is -2.10. The summed E-state index contributed by atoms with van der Waals surface area (Å²) < 4.78 is 1.81. The zero-order valence-electron chi connectivity index (χ0n) is 12.3. The number of hydrogen-bond acceptors (Lipinski definition) is 3. The molecule has 1 heterocycles. The maximum absolute atomic E-state index is 8.82. The van der Waals surface area contributed by atoms with E-state index in [4.69, 9.17) is 5.26 Å². The second-order valence-corrected chi connectivity index (χ2v) is 5.10. The van der Waals surface area contributed by atoms with Crippen molar-refractivity contribution in [2.24, 2.45) is 7.05 Å². The minimum Gasteiger partial charge on any atom is -0.381 e. The monoisotopic (exact) mass is 288 g/mol. The molecule has 22 heavy (non-hydrogen) atoms. The molecule has 0 aliphatic carbocycles. The maximum Gasteiger partial charge on any atom is 0.0991 e. The Hall–Kier alpha value is -3.06. The molecule has 0 fully saturated rings. The van der Waals surface area contributed by atoms with E-state index in [1.54, 1.807) is 4.68 Å². The van der Waals surface area contributed by atoms with E-state index >= 15 is 0 Å². The number of aryl methyl sites for hydroxylation is 1. The molecule has 0 atom stereocenters. The summed E-state index contributed by atoms with van der Waals surface area (Å²) >= 11 is 0. The van der Waals surface area contributed by atoms with E-state index in [-0.39, 0.29) is 0 Å². The molecule has 1 aromatic heterocycles. The van der Waals surface area contributed by atoms with E-state index in [2.05, 4.69) is 28.6 Å². The van der Waals surface area contributed by atoms with E-state index in [9.17, 15) is 0 Å². The van der Waals surface area contributed by atoms with Crippen LogP contribution in [0.3, 0.4) is 0 Å². The largest absolute Gasteiger partial charge is 0.381 e. The normalized spacial score (nSPS) is 10.2. The second kappa shape index (κ2) is 6.15. The van der Waals surface area contributed by atoms with Gasteiger partial charge >= 0.3 is 0 Å². The molecule has 2 aromatic carbocycles. The van der Waals surface area contributed by atoms with Crippen LogP contribution in [-0.2, 0) is 13.6 Å². The Morgan fingerprint density at radius 1 is 1.14 bits per heavy atom. The Labute approximate surface area is 129 Å². The van der Waals surface area contributed by atoms with Gasteiger partial charge in [-0.2, -0.15) is 10.4 Å². The molecule has 1 N–H and O–H groups in total. The number of rotatable bonds is 4. The minimum absolute atomic E-state index is 0.668. The Bertz CT molecular complexity index is 810. The average Bonchev–Trinajstić information content (AvgIpc) is 3.00. The van der Waals surface area contributed by atoms with E-state index in [0.717, 1.165) is 17.8 Å². The van der Waals surface area contributed by atoms with Crippen molar-refractivity contribution < 1.29 is 0 Å². The van der Waals surface area contributed by atoms with Gasteiger partial charge in [0.25, 0.3) is 0 Å². The Morgan fingerprint density at radius 3 is 2.59 bits per heavy atom. The van der Waals surface area contributed by atoms with Crippen molar-refractivity contribution in [3.63, 3.8) is 0 Å². The predicted octanol–water partition coefficient (Wildman–Crippen LogP) is 3.57. The molecule has 0 bridgehead atoms. The molecule has 0 saturated carbocycles.